The van der Waals surface area contributed by atoms with Crippen molar-refractivity contribution >= 4 is 10.9 Å². The van der Waals surface area contributed by atoms with E-state index in [0.29, 0.717) is 0 Å². The van der Waals surface area contributed by atoms with Gasteiger partial charge in [-0.15, -0.1) is 0 Å². The summed E-state index contributed by atoms with van der Waals surface area (Å²) in [5, 5.41) is 12.1. The number of pyridine rings is 1. The SMILES string of the molecule is CCCN1CCC(O)(Cc2ccnc3ccccc23)CC1. The predicted octanol–water partition coefficient (Wildman–Crippen LogP) is 3.01. The smallest absolute Gasteiger partial charge is 0.0712 e. The third-order valence-corrected chi connectivity index (χ3v) is 4.59. The number of benzene rings is 1. The Morgan fingerprint density at radius 3 is 2.71 bits per heavy atom. The maximum absolute atomic E-state index is 10.9. The first-order chi connectivity index (χ1) is 10.2. The number of aliphatic hydroxyl groups is 1. The molecule has 0 amide bonds. The summed E-state index contributed by atoms with van der Waals surface area (Å²) in [6, 6.07) is 10.2. The molecule has 21 heavy (non-hydrogen) atoms. The summed E-state index contributed by atoms with van der Waals surface area (Å²) in [5.41, 5.74) is 1.67. The predicted molar refractivity (Wildman–Crippen MR) is 86.4 cm³/mol. The van der Waals surface area contributed by atoms with Gasteiger partial charge in [-0.2, -0.15) is 0 Å². The molecule has 112 valence electrons. The second-order valence-electron chi connectivity index (χ2n) is 6.23. The summed E-state index contributed by atoms with van der Waals surface area (Å²) < 4.78 is 0. The molecular formula is C18H24N2O. The Kier molecular flexibility index (Phi) is 4.22. The Labute approximate surface area is 126 Å². The molecule has 1 aliphatic heterocycles. The molecule has 2 aromatic rings. The lowest BCUT2D eigenvalue weighted by molar-refractivity contribution is -0.0202. The van der Waals surface area contributed by atoms with Crippen LogP contribution in [0.1, 0.15) is 31.7 Å². The molecule has 0 bridgehead atoms. The highest BCUT2D eigenvalue weighted by Gasteiger charge is 2.32. The van der Waals surface area contributed by atoms with Gasteiger partial charge in [0.2, 0.25) is 0 Å². The number of hydrogen-bond donors (Lipinski definition) is 1. The van der Waals surface area contributed by atoms with Gasteiger partial charge in [0.25, 0.3) is 0 Å². The molecule has 1 aromatic carbocycles. The van der Waals surface area contributed by atoms with E-state index in [-0.39, 0.29) is 0 Å². The van der Waals surface area contributed by atoms with Gasteiger partial charge >= 0.3 is 0 Å². The summed E-state index contributed by atoms with van der Waals surface area (Å²) in [4.78, 5) is 6.86. The molecule has 1 aromatic heterocycles. The number of aromatic nitrogens is 1. The first-order valence-electron chi connectivity index (χ1n) is 7.97. The van der Waals surface area contributed by atoms with E-state index in [1.54, 1.807) is 0 Å². The van der Waals surface area contributed by atoms with Crippen molar-refractivity contribution in [1.82, 2.24) is 9.88 Å². The molecule has 3 rings (SSSR count). The van der Waals surface area contributed by atoms with Crippen LogP contribution in [0.15, 0.2) is 36.5 Å². The highest BCUT2D eigenvalue weighted by atomic mass is 16.3. The molecule has 3 heteroatoms. The monoisotopic (exact) mass is 284 g/mol. The number of para-hydroxylation sites is 1. The van der Waals surface area contributed by atoms with Crippen molar-refractivity contribution in [3.63, 3.8) is 0 Å². The quantitative estimate of drug-likeness (QED) is 0.937. The molecule has 0 saturated carbocycles. The Morgan fingerprint density at radius 2 is 1.95 bits per heavy atom. The van der Waals surface area contributed by atoms with Crippen LogP contribution >= 0.6 is 0 Å². The molecule has 0 aliphatic carbocycles. The van der Waals surface area contributed by atoms with Gasteiger partial charge in [0.1, 0.15) is 0 Å². The van der Waals surface area contributed by atoms with Crippen molar-refractivity contribution in [2.24, 2.45) is 0 Å². The van der Waals surface area contributed by atoms with Crippen LogP contribution in [0.25, 0.3) is 10.9 Å². The van der Waals surface area contributed by atoms with Crippen molar-refractivity contribution in [2.75, 3.05) is 19.6 Å². The third-order valence-electron chi connectivity index (χ3n) is 4.59. The number of piperidine rings is 1. The van der Waals surface area contributed by atoms with Crippen LogP contribution in [-0.2, 0) is 6.42 Å². The molecular weight excluding hydrogens is 260 g/mol. The van der Waals surface area contributed by atoms with Crippen LogP contribution in [0.3, 0.4) is 0 Å². The van der Waals surface area contributed by atoms with E-state index in [1.807, 2.05) is 24.4 Å². The fourth-order valence-corrected chi connectivity index (χ4v) is 3.35. The molecule has 0 spiro atoms. The highest BCUT2D eigenvalue weighted by Crippen LogP contribution is 2.29. The van der Waals surface area contributed by atoms with Crippen LogP contribution in [-0.4, -0.2) is 40.2 Å². The van der Waals surface area contributed by atoms with Gasteiger partial charge < -0.3 is 10.0 Å². The summed E-state index contributed by atoms with van der Waals surface area (Å²) in [7, 11) is 0. The normalized spacial score (nSPS) is 19.0. The van der Waals surface area contributed by atoms with Crippen molar-refractivity contribution in [2.45, 2.75) is 38.2 Å². The van der Waals surface area contributed by atoms with Crippen LogP contribution in [0, 0.1) is 0 Å². The van der Waals surface area contributed by atoms with E-state index >= 15 is 0 Å². The minimum absolute atomic E-state index is 0.561. The number of nitrogens with zero attached hydrogens (tertiary/aromatic N) is 2. The van der Waals surface area contributed by atoms with E-state index in [1.165, 1.54) is 17.4 Å². The standard InChI is InChI=1S/C18H24N2O/c1-2-11-20-12-8-18(21,9-13-20)14-15-7-10-19-17-6-4-3-5-16(15)17/h3-7,10,21H,2,8-9,11-14H2,1H3. The van der Waals surface area contributed by atoms with Gasteiger partial charge in [-0.25, -0.2) is 0 Å². The zero-order valence-corrected chi connectivity index (χ0v) is 12.8. The molecule has 0 radical (unpaired) electrons. The van der Waals surface area contributed by atoms with Crippen LogP contribution < -0.4 is 0 Å². The minimum atomic E-state index is -0.561. The third kappa shape index (κ3) is 3.25. The van der Waals surface area contributed by atoms with Crippen LogP contribution in [0.2, 0.25) is 0 Å². The Bertz CT molecular complexity index is 598. The summed E-state index contributed by atoms with van der Waals surface area (Å²) in [5.74, 6) is 0. The topological polar surface area (TPSA) is 36.4 Å². The molecule has 1 N–H and O–H groups in total. The molecule has 3 nitrogen and oxygen atoms in total. The average Bonchev–Trinajstić information content (AvgIpc) is 2.50. The fraction of sp³-hybridized carbons (Fsp3) is 0.500. The van der Waals surface area contributed by atoms with E-state index in [9.17, 15) is 5.11 Å². The number of likely N-dealkylation sites (tertiary alicyclic amines) is 1. The summed E-state index contributed by atoms with van der Waals surface area (Å²) in [6.45, 7) is 5.37. The van der Waals surface area contributed by atoms with Crippen LogP contribution in [0.4, 0.5) is 0 Å². The van der Waals surface area contributed by atoms with Gasteiger partial charge in [-0.1, -0.05) is 25.1 Å². The van der Waals surface area contributed by atoms with Gasteiger partial charge in [0, 0.05) is 31.1 Å². The summed E-state index contributed by atoms with van der Waals surface area (Å²) in [6.07, 6.45) is 5.50. The Hall–Kier alpha value is -1.45. The lowest BCUT2D eigenvalue weighted by atomic mass is 9.84. The van der Waals surface area contributed by atoms with Gasteiger partial charge in [0.15, 0.2) is 0 Å². The maximum Gasteiger partial charge on any atom is 0.0712 e. The second-order valence-corrected chi connectivity index (χ2v) is 6.23. The number of hydrogen-bond acceptors (Lipinski definition) is 3. The molecule has 2 heterocycles. The summed E-state index contributed by atoms with van der Waals surface area (Å²) >= 11 is 0. The van der Waals surface area contributed by atoms with Crippen molar-refractivity contribution in [1.29, 1.82) is 0 Å². The van der Waals surface area contributed by atoms with E-state index in [0.717, 1.165) is 44.4 Å². The van der Waals surface area contributed by atoms with E-state index in [4.69, 9.17) is 0 Å². The number of fused-ring (bicyclic) bond motifs is 1. The fourth-order valence-electron chi connectivity index (χ4n) is 3.35. The van der Waals surface area contributed by atoms with E-state index < -0.39 is 5.60 Å². The van der Waals surface area contributed by atoms with Gasteiger partial charge in [-0.3, -0.25) is 4.98 Å². The van der Waals surface area contributed by atoms with Gasteiger partial charge in [0.05, 0.1) is 11.1 Å². The zero-order chi connectivity index (χ0) is 14.7. The first-order valence-corrected chi connectivity index (χ1v) is 7.97. The molecule has 1 saturated heterocycles. The van der Waals surface area contributed by atoms with Crippen molar-refractivity contribution < 1.29 is 5.11 Å². The lowest BCUT2D eigenvalue weighted by Gasteiger charge is -2.38. The maximum atomic E-state index is 10.9. The number of rotatable bonds is 4. The highest BCUT2D eigenvalue weighted by molar-refractivity contribution is 5.81. The zero-order valence-electron chi connectivity index (χ0n) is 12.8. The Balaban J connectivity index is 1.76. The first kappa shape index (κ1) is 14.5. The van der Waals surface area contributed by atoms with Crippen molar-refractivity contribution in [3.8, 4) is 0 Å². The van der Waals surface area contributed by atoms with Crippen LogP contribution in [0.5, 0.6) is 0 Å². The lowest BCUT2D eigenvalue weighted by Crippen LogP contribution is -2.45. The minimum Gasteiger partial charge on any atom is -0.389 e. The Morgan fingerprint density at radius 1 is 1.19 bits per heavy atom. The average molecular weight is 284 g/mol. The van der Waals surface area contributed by atoms with Gasteiger partial charge in [-0.05, 0) is 43.5 Å². The molecule has 1 aliphatic rings. The van der Waals surface area contributed by atoms with Crippen molar-refractivity contribution in [3.05, 3.63) is 42.1 Å². The van der Waals surface area contributed by atoms with E-state index in [2.05, 4.69) is 28.9 Å². The largest absolute Gasteiger partial charge is 0.389 e. The molecule has 0 atom stereocenters. The molecule has 1 fully saturated rings. The second kappa shape index (κ2) is 6.12. The molecule has 0 unspecified atom stereocenters.